The fourth-order valence-electron chi connectivity index (χ4n) is 3.16. The van der Waals surface area contributed by atoms with Crippen LogP contribution in [0.5, 0.6) is 11.5 Å². The average Bonchev–Trinajstić information content (AvgIpc) is 3.08. The van der Waals surface area contributed by atoms with Crippen molar-refractivity contribution >= 4 is 85.8 Å². The Kier molecular flexibility index (Phi) is 8.78. The van der Waals surface area contributed by atoms with E-state index in [2.05, 4.69) is 45.2 Å². The van der Waals surface area contributed by atoms with Crippen LogP contribution >= 0.6 is 68.5 Å². The topological polar surface area (TPSA) is 55.8 Å². The maximum Gasteiger partial charge on any atom is 0.293 e. The van der Waals surface area contributed by atoms with Crippen LogP contribution in [0.3, 0.4) is 0 Å². The second-order valence-corrected chi connectivity index (χ2v) is 11.0. The molecule has 34 heavy (non-hydrogen) atoms. The van der Waals surface area contributed by atoms with Gasteiger partial charge in [0.1, 0.15) is 24.7 Å². The van der Waals surface area contributed by atoms with Crippen molar-refractivity contribution in [3.63, 3.8) is 0 Å². The lowest BCUT2D eigenvalue weighted by atomic mass is 10.2. The van der Waals surface area contributed by atoms with E-state index >= 15 is 0 Å². The first kappa shape index (κ1) is 25.3. The molecule has 174 valence electrons. The zero-order valence-electron chi connectivity index (χ0n) is 17.7. The van der Waals surface area contributed by atoms with Crippen molar-refractivity contribution in [1.82, 2.24) is 4.90 Å². The summed E-state index contributed by atoms with van der Waals surface area (Å²) in [5.74, 6) is 1.12. The first-order valence-corrected chi connectivity index (χ1v) is 13.6. The minimum Gasteiger partial charge on any atom is -0.492 e. The molecule has 0 radical (unpaired) electrons. The van der Waals surface area contributed by atoms with E-state index in [0.717, 1.165) is 35.8 Å². The largest absolute Gasteiger partial charge is 0.492 e. The third kappa shape index (κ3) is 6.46. The smallest absolute Gasteiger partial charge is 0.293 e. The lowest BCUT2D eigenvalue weighted by Crippen LogP contribution is -2.32. The molecular formula is C25H18ClI2NO4S. The third-order valence-electron chi connectivity index (χ3n) is 4.82. The van der Waals surface area contributed by atoms with E-state index in [0.29, 0.717) is 22.3 Å². The van der Waals surface area contributed by atoms with Crippen molar-refractivity contribution in [1.29, 1.82) is 0 Å². The molecule has 3 aromatic carbocycles. The predicted octanol–water partition coefficient (Wildman–Crippen LogP) is 7.24. The molecule has 0 aliphatic carbocycles. The molecule has 0 spiro atoms. The standard InChI is InChI=1S/C25H18ClI2NO4S/c26-18-6-8-19(9-7-18)32-11-10-29-24(30)22(34-25(29)31)14-17-12-20(27)23(21(28)13-17)33-15-16-4-2-1-3-5-16/h1-9,12-14H,10-11,15H2/b22-14-. The number of carbonyl (C=O) groups is 2. The SMILES string of the molecule is O=C1S/C(=C\c2cc(I)c(OCc3ccccc3)c(I)c2)C(=O)N1CCOc1ccc(Cl)cc1. The predicted molar refractivity (Wildman–Crippen MR) is 152 cm³/mol. The van der Waals surface area contributed by atoms with Gasteiger partial charge in [0.25, 0.3) is 11.1 Å². The van der Waals surface area contributed by atoms with Crippen molar-refractivity contribution < 1.29 is 19.1 Å². The van der Waals surface area contributed by atoms with Crippen molar-refractivity contribution in [2.75, 3.05) is 13.2 Å². The highest BCUT2D eigenvalue weighted by molar-refractivity contribution is 14.1. The number of rotatable bonds is 8. The maximum atomic E-state index is 12.8. The summed E-state index contributed by atoms with van der Waals surface area (Å²) in [6, 6.07) is 20.8. The molecule has 5 nitrogen and oxygen atoms in total. The van der Waals surface area contributed by atoms with E-state index in [1.165, 1.54) is 4.90 Å². The van der Waals surface area contributed by atoms with Gasteiger partial charge in [0.2, 0.25) is 0 Å². The Balaban J connectivity index is 1.40. The highest BCUT2D eigenvalue weighted by Crippen LogP contribution is 2.35. The Bertz CT molecular complexity index is 1210. The van der Waals surface area contributed by atoms with Gasteiger partial charge in [-0.1, -0.05) is 41.9 Å². The van der Waals surface area contributed by atoms with Gasteiger partial charge in [-0.15, -0.1) is 0 Å². The first-order chi connectivity index (χ1) is 16.4. The Hall–Kier alpha value is -1.76. The molecule has 0 bridgehead atoms. The van der Waals surface area contributed by atoms with Crippen LogP contribution in [-0.4, -0.2) is 29.2 Å². The highest BCUT2D eigenvalue weighted by Gasteiger charge is 2.34. The Labute approximate surface area is 234 Å². The van der Waals surface area contributed by atoms with Gasteiger partial charge in [-0.05, 0) is 111 Å². The molecule has 3 aromatic rings. The number of imide groups is 1. The van der Waals surface area contributed by atoms with Crippen LogP contribution < -0.4 is 9.47 Å². The monoisotopic (exact) mass is 717 g/mol. The third-order valence-corrected chi connectivity index (χ3v) is 7.58. The van der Waals surface area contributed by atoms with Gasteiger partial charge in [0.05, 0.1) is 18.6 Å². The van der Waals surface area contributed by atoms with E-state index in [-0.39, 0.29) is 24.3 Å². The minimum atomic E-state index is -0.316. The van der Waals surface area contributed by atoms with E-state index in [1.54, 1.807) is 30.3 Å². The summed E-state index contributed by atoms with van der Waals surface area (Å²) < 4.78 is 13.5. The molecule has 1 aliphatic rings. The zero-order valence-corrected chi connectivity index (χ0v) is 23.6. The van der Waals surface area contributed by atoms with E-state index in [1.807, 2.05) is 42.5 Å². The lowest BCUT2D eigenvalue weighted by Gasteiger charge is -2.13. The molecular weight excluding hydrogens is 700 g/mol. The number of ether oxygens (including phenoxy) is 2. The number of carbonyl (C=O) groups excluding carboxylic acids is 2. The summed E-state index contributed by atoms with van der Waals surface area (Å²) in [6.07, 6.45) is 1.75. The van der Waals surface area contributed by atoms with Crippen LogP contribution in [0.2, 0.25) is 5.02 Å². The molecule has 9 heteroatoms. The molecule has 1 aliphatic heterocycles. The molecule has 2 amide bonds. The molecule has 1 heterocycles. The molecule has 1 fully saturated rings. The highest BCUT2D eigenvalue weighted by atomic mass is 127. The van der Waals surface area contributed by atoms with Crippen molar-refractivity contribution in [2.24, 2.45) is 0 Å². The fourth-order valence-corrected chi connectivity index (χ4v) is 6.28. The van der Waals surface area contributed by atoms with Gasteiger partial charge in [-0.25, -0.2) is 0 Å². The van der Waals surface area contributed by atoms with Crippen molar-refractivity contribution in [3.8, 4) is 11.5 Å². The van der Waals surface area contributed by atoms with Crippen molar-refractivity contribution in [3.05, 3.63) is 94.9 Å². The van der Waals surface area contributed by atoms with Gasteiger partial charge < -0.3 is 9.47 Å². The quantitative estimate of drug-likeness (QED) is 0.182. The fraction of sp³-hybridized carbons (Fsp3) is 0.120. The van der Waals surface area contributed by atoms with Gasteiger partial charge >= 0.3 is 0 Å². The summed E-state index contributed by atoms with van der Waals surface area (Å²) in [5.41, 5.74) is 1.93. The number of amides is 2. The summed E-state index contributed by atoms with van der Waals surface area (Å²) in [7, 11) is 0. The van der Waals surface area contributed by atoms with Crippen molar-refractivity contribution in [2.45, 2.75) is 6.61 Å². The summed E-state index contributed by atoms with van der Waals surface area (Å²) in [4.78, 5) is 26.8. The second-order valence-electron chi connectivity index (χ2n) is 7.22. The molecule has 0 N–H and O–H groups in total. The zero-order chi connectivity index (χ0) is 24.1. The van der Waals surface area contributed by atoms with Crippen LogP contribution in [0.1, 0.15) is 11.1 Å². The van der Waals surface area contributed by atoms with E-state index in [4.69, 9.17) is 21.1 Å². The van der Waals surface area contributed by atoms with Crippen LogP contribution in [0.15, 0.2) is 71.6 Å². The Morgan fingerprint density at radius 3 is 2.29 bits per heavy atom. The number of nitrogens with zero attached hydrogens (tertiary/aromatic N) is 1. The van der Waals surface area contributed by atoms with Gasteiger partial charge in [-0.3, -0.25) is 14.5 Å². The Morgan fingerprint density at radius 1 is 0.941 bits per heavy atom. The molecule has 0 aromatic heterocycles. The van der Waals surface area contributed by atoms with Gasteiger partial charge in [0.15, 0.2) is 0 Å². The molecule has 0 unspecified atom stereocenters. The lowest BCUT2D eigenvalue weighted by molar-refractivity contribution is -0.123. The molecule has 0 atom stereocenters. The number of hydrogen-bond donors (Lipinski definition) is 0. The van der Waals surface area contributed by atoms with Crippen LogP contribution in [-0.2, 0) is 11.4 Å². The van der Waals surface area contributed by atoms with E-state index in [9.17, 15) is 9.59 Å². The second kappa shape index (κ2) is 11.8. The maximum absolute atomic E-state index is 12.8. The average molecular weight is 718 g/mol. The van der Waals surface area contributed by atoms with Gasteiger partial charge in [0, 0.05) is 5.02 Å². The van der Waals surface area contributed by atoms with Gasteiger partial charge in [-0.2, -0.15) is 0 Å². The molecule has 0 saturated carbocycles. The Morgan fingerprint density at radius 2 is 1.62 bits per heavy atom. The number of benzene rings is 3. The molecule has 4 rings (SSSR count). The van der Waals surface area contributed by atoms with Crippen LogP contribution in [0, 0.1) is 7.14 Å². The van der Waals surface area contributed by atoms with E-state index < -0.39 is 0 Å². The molecule has 1 saturated heterocycles. The number of halogens is 3. The summed E-state index contributed by atoms with van der Waals surface area (Å²) >= 11 is 11.3. The number of thioether (sulfide) groups is 1. The number of hydrogen-bond acceptors (Lipinski definition) is 5. The normalized spacial score (nSPS) is 14.7. The minimum absolute atomic E-state index is 0.173. The first-order valence-electron chi connectivity index (χ1n) is 10.2. The van der Waals surface area contributed by atoms with Crippen LogP contribution in [0.25, 0.3) is 6.08 Å². The summed E-state index contributed by atoms with van der Waals surface area (Å²) in [5, 5.41) is 0.312. The van der Waals surface area contributed by atoms with Crippen LogP contribution in [0.4, 0.5) is 4.79 Å². The summed E-state index contributed by atoms with van der Waals surface area (Å²) in [6.45, 7) is 0.853.